The molecule has 0 aliphatic heterocycles. The van der Waals surface area contributed by atoms with Crippen molar-refractivity contribution < 1.29 is 26.3 Å². The fraction of sp³-hybridized carbons (Fsp3) is 0.250. The third kappa shape index (κ3) is 4.17. The lowest BCUT2D eigenvalue weighted by Crippen LogP contribution is -2.09. The van der Waals surface area contributed by atoms with E-state index in [1.165, 1.54) is 0 Å². The molecule has 16 heavy (non-hydrogen) atoms. The third-order valence-electron chi connectivity index (χ3n) is 1.33. The Balaban J connectivity index is 2.68. The first-order valence-corrected chi connectivity index (χ1v) is 6.12. The maximum absolute atomic E-state index is 12.9. The zero-order chi connectivity index (χ0) is 12.3. The van der Waals surface area contributed by atoms with Crippen molar-refractivity contribution >= 4 is 21.6 Å². The second-order valence-corrected chi connectivity index (χ2v) is 4.97. The van der Waals surface area contributed by atoms with Crippen LogP contribution in [0.15, 0.2) is 17.0 Å². The van der Waals surface area contributed by atoms with Crippen LogP contribution in [-0.4, -0.2) is 11.9 Å². The molecule has 0 aliphatic carbocycles. The molecule has 0 heterocycles. The van der Waals surface area contributed by atoms with Crippen LogP contribution in [0.1, 0.15) is 0 Å². The van der Waals surface area contributed by atoms with Crippen LogP contribution in [0.25, 0.3) is 0 Å². The Hall–Kier alpha value is -0.500. The molecule has 0 fully saturated rings. The fourth-order valence-electron chi connectivity index (χ4n) is 0.764. The highest BCUT2D eigenvalue weighted by Gasteiger charge is 2.27. The summed E-state index contributed by atoms with van der Waals surface area (Å²) in [7, 11) is 0.526. The van der Waals surface area contributed by atoms with Gasteiger partial charge in [0.1, 0.15) is 23.2 Å². The molecule has 1 aromatic rings. The maximum Gasteiger partial charge on any atom is 0.398 e. The summed E-state index contributed by atoms with van der Waals surface area (Å²) in [6, 6.07) is 0.832. The van der Waals surface area contributed by atoms with Gasteiger partial charge < -0.3 is 0 Å². The normalized spacial score (nSPS) is 11.9. The Morgan fingerprint density at radius 3 is 1.94 bits per heavy atom. The van der Waals surface area contributed by atoms with Gasteiger partial charge in [0, 0.05) is 12.1 Å². The molecule has 0 saturated heterocycles. The molecule has 0 saturated carbocycles. The summed E-state index contributed by atoms with van der Waals surface area (Å²) in [5, 5.41) is 0. The van der Waals surface area contributed by atoms with Gasteiger partial charge in [0.05, 0.1) is 4.90 Å². The summed E-state index contributed by atoms with van der Waals surface area (Å²) in [4.78, 5) is -0.629. The second kappa shape index (κ2) is 5.22. The highest BCUT2D eigenvalue weighted by atomic mass is 33.1. The number of halogens is 6. The molecule has 0 radical (unpaired) electrons. The largest absolute Gasteiger partial charge is 0.398 e. The predicted molar refractivity (Wildman–Crippen MR) is 50.7 cm³/mol. The smallest absolute Gasteiger partial charge is 0.207 e. The van der Waals surface area contributed by atoms with Crippen molar-refractivity contribution in [1.29, 1.82) is 0 Å². The van der Waals surface area contributed by atoms with Crippen molar-refractivity contribution in [2.45, 2.75) is 11.1 Å². The van der Waals surface area contributed by atoms with Crippen LogP contribution in [0.3, 0.4) is 0 Å². The minimum atomic E-state index is -4.41. The molecule has 0 nitrogen and oxygen atoms in total. The minimum absolute atomic E-state index is 0.237. The lowest BCUT2D eigenvalue weighted by atomic mass is 10.3. The van der Waals surface area contributed by atoms with Crippen molar-refractivity contribution in [3.8, 4) is 0 Å². The number of benzene rings is 1. The highest BCUT2D eigenvalue weighted by Crippen LogP contribution is 2.38. The lowest BCUT2D eigenvalue weighted by molar-refractivity contribution is -0.104. The van der Waals surface area contributed by atoms with Crippen molar-refractivity contribution in [1.82, 2.24) is 0 Å². The van der Waals surface area contributed by atoms with E-state index >= 15 is 0 Å². The van der Waals surface area contributed by atoms with Gasteiger partial charge >= 0.3 is 6.18 Å². The molecular formula is C8H4F6S2. The van der Waals surface area contributed by atoms with Crippen LogP contribution < -0.4 is 0 Å². The molecular weight excluding hydrogens is 274 g/mol. The van der Waals surface area contributed by atoms with E-state index in [9.17, 15) is 26.3 Å². The lowest BCUT2D eigenvalue weighted by Gasteiger charge is -2.06. The van der Waals surface area contributed by atoms with Gasteiger partial charge in [-0.1, -0.05) is 21.6 Å². The van der Waals surface area contributed by atoms with Crippen LogP contribution in [0.2, 0.25) is 0 Å². The molecule has 0 unspecified atom stereocenters. The number of hydrogen-bond acceptors (Lipinski definition) is 2. The summed E-state index contributed by atoms with van der Waals surface area (Å²) in [6.45, 7) is 0. The summed E-state index contributed by atoms with van der Waals surface area (Å²) in [6.07, 6.45) is -4.41. The molecule has 0 N–H and O–H groups in total. The number of hydrogen-bond donors (Lipinski definition) is 0. The SMILES string of the molecule is Fc1cc(F)c(SSCC(F)(F)F)c(F)c1. The fourth-order valence-corrected chi connectivity index (χ4v) is 2.76. The first kappa shape index (κ1) is 13.6. The maximum atomic E-state index is 12.9. The van der Waals surface area contributed by atoms with Gasteiger partial charge in [-0.15, -0.1) is 0 Å². The quantitative estimate of drug-likeness (QED) is 0.593. The third-order valence-corrected chi connectivity index (χ3v) is 3.65. The van der Waals surface area contributed by atoms with Gasteiger partial charge in [-0.05, 0) is 0 Å². The highest BCUT2D eigenvalue weighted by molar-refractivity contribution is 8.76. The van der Waals surface area contributed by atoms with Crippen LogP contribution in [0.4, 0.5) is 26.3 Å². The molecule has 1 rings (SSSR count). The van der Waals surface area contributed by atoms with E-state index < -0.39 is 34.3 Å². The number of rotatable bonds is 3. The van der Waals surface area contributed by atoms with E-state index in [2.05, 4.69) is 0 Å². The molecule has 0 bridgehead atoms. The number of alkyl halides is 3. The van der Waals surface area contributed by atoms with E-state index in [4.69, 9.17) is 0 Å². The van der Waals surface area contributed by atoms with Crippen LogP contribution >= 0.6 is 21.6 Å². The van der Waals surface area contributed by atoms with Gasteiger partial charge in [0.25, 0.3) is 0 Å². The van der Waals surface area contributed by atoms with Crippen LogP contribution in [-0.2, 0) is 0 Å². The molecule has 0 aliphatic rings. The first-order valence-electron chi connectivity index (χ1n) is 3.80. The standard InChI is InChI=1S/C8H4F6S2/c9-4-1-5(10)7(6(11)2-4)16-15-3-8(12,13)14/h1-2H,3H2. The van der Waals surface area contributed by atoms with E-state index in [0.717, 1.165) is 0 Å². The Kier molecular flexibility index (Phi) is 4.43. The van der Waals surface area contributed by atoms with Crippen molar-refractivity contribution in [3.63, 3.8) is 0 Å². The average Bonchev–Trinajstić information content (AvgIpc) is 2.07. The Morgan fingerprint density at radius 1 is 1.00 bits per heavy atom. The monoisotopic (exact) mass is 278 g/mol. The molecule has 0 atom stereocenters. The molecule has 1 aromatic carbocycles. The Labute approximate surface area is 94.8 Å². The summed E-state index contributed by atoms with van der Waals surface area (Å²) < 4.78 is 73.5. The Morgan fingerprint density at radius 2 is 1.50 bits per heavy atom. The van der Waals surface area contributed by atoms with Gasteiger partial charge in [-0.3, -0.25) is 0 Å². The summed E-state index contributed by atoms with van der Waals surface area (Å²) >= 11 is 0. The van der Waals surface area contributed by atoms with E-state index in [-0.39, 0.29) is 21.6 Å². The van der Waals surface area contributed by atoms with Gasteiger partial charge in [-0.2, -0.15) is 13.2 Å². The van der Waals surface area contributed by atoms with Crippen molar-refractivity contribution in [3.05, 3.63) is 29.6 Å². The summed E-state index contributed by atoms with van der Waals surface area (Å²) in [5.74, 6) is -4.77. The zero-order valence-electron chi connectivity index (χ0n) is 7.45. The van der Waals surface area contributed by atoms with Crippen LogP contribution in [0.5, 0.6) is 0 Å². The first-order chi connectivity index (χ1) is 7.29. The van der Waals surface area contributed by atoms with Crippen molar-refractivity contribution in [2.75, 3.05) is 5.75 Å². The Bertz CT molecular complexity index is 352. The van der Waals surface area contributed by atoms with Crippen molar-refractivity contribution in [2.24, 2.45) is 0 Å². The van der Waals surface area contributed by atoms with Gasteiger partial charge in [0.2, 0.25) is 0 Å². The van der Waals surface area contributed by atoms with Gasteiger partial charge in [-0.25, -0.2) is 13.2 Å². The molecule has 90 valence electrons. The topological polar surface area (TPSA) is 0 Å². The predicted octanol–water partition coefficient (Wildman–Crippen LogP) is 4.41. The van der Waals surface area contributed by atoms with Gasteiger partial charge in [0.15, 0.2) is 0 Å². The zero-order valence-corrected chi connectivity index (χ0v) is 9.08. The second-order valence-electron chi connectivity index (χ2n) is 2.66. The molecule has 8 heteroatoms. The van der Waals surface area contributed by atoms with E-state index in [0.29, 0.717) is 12.1 Å². The van der Waals surface area contributed by atoms with E-state index in [1.807, 2.05) is 0 Å². The average molecular weight is 278 g/mol. The molecule has 0 aromatic heterocycles. The minimum Gasteiger partial charge on any atom is -0.207 e. The molecule has 0 spiro atoms. The van der Waals surface area contributed by atoms with Crippen LogP contribution in [0, 0.1) is 17.5 Å². The summed E-state index contributed by atoms with van der Waals surface area (Å²) in [5.41, 5.74) is 0. The van der Waals surface area contributed by atoms with E-state index in [1.54, 1.807) is 0 Å². The molecule has 0 amide bonds.